The summed E-state index contributed by atoms with van der Waals surface area (Å²) in [6, 6.07) is 15.5. The maximum Gasteiger partial charge on any atom is 0.120 e. The van der Waals surface area contributed by atoms with E-state index in [0.717, 1.165) is 18.2 Å². The molecule has 0 aliphatic heterocycles. The molecule has 3 heteroatoms. The van der Waals surface area contributed by atoms with Gasteiger partial charge in [0.15, 0.2) is 0 Å². The molecule has 1 N–H and O–H groups in total. The van der Waals surface area contributed by atoms with E-state index in [1.54, 1.807) is 0 Å². The zero-order valence-electron chi connectivity index (χ0n) is 14.0. The first kappa shape index (κ1) is 15.8. The summed E-state index contributed by atoms with van der Waals surface area (Å²) in [6.45, 7) is 2.91. The third kappa shape index (κ3) is 3.33. The van der Waals surface area contributed by atoms with Gasteiger partial charge < -0.3 is 9.88 Å². The van der Waals surface area contributed by atoms with Crippen LogP contribution in [0.3, 0.4) is 0 Å². The Kier molecular flexibility index (Phi) is 4.83. The molecule has 0 unspecified atom stereocenters. The molecule has 1 aromatic carbocycles. The van der Waals surface area contributed by atoms with Crippen molar-refractivity contribution in [1.82, 2.24) is 9.88 Å². The lowest BCUT2D eigenvalue weighted by Crippen LogP contribution is -2.27. The topological polar surface area (TPSA) is 40.8 Å². The summed E-state index contributed by atoms with van der Waals surface area (Å²) in [7, 11) is 1.96. The predicted molar refractivity (Wildman–Crippen MR) is 92.8 cm³/mol. The molecule has 3 nitrogen and oxygen atoms in total. The standard InChI is InChI=1S/C20H25N3/c1-15-18(12-19(13-21)23(15)2)14-22-20(17-10-6-7-11-17)16-8-4-3-5-9-16/h3-5,8-9,12,17,20,22H,6-7,10-11,14H2,1-2H3/t20-/m1/s1. The maximum absolute atomic E-state index is 9.19. The monoisotopic (exact) mass is 307 g/mol. The van der Waals surface area contributed by atoms with Gasteiger partial charge in [-0.05, 0) is 42.9 Å². The summed E-state index contributed by atoms with van der Waals surface area (Å²) in [6.07, 6.45) is 5.31. The number of nitriles is 1. The van der Waals surface area contributed by atoms with E-state index >= 15 is 0 Å². The number of aromatic nitrogens is 1. The van der Waals surface area contributed by atoms with Crippen LogP contribution in [0.25, 0.3) is 0 Å². The van der Waals surface area contributed by atoms with E-state index in [4.69, 9.17) is 0 Å². The van der Waals surface area contributed by atoms with Gasteiger partial charge in [0.25, 0.3) is 0 Å². The number of benzene rings is 1. The first-order chi connectivity index (χ1) is 11.2. The van der Waals surface area contributed by atoms with Crippen LogP contribution in [0, 0.1) is 24.2 Å². The molecule has 120 valence electrons. The minimum absolute atomic E-state index is 0.406. The van der Waals surface area contributed by atoms with E-state index in [9.17, 15) is 5.26 Å². The minimum atomic E-state index is 0.406. The Bertz CT molecular complexity index is 688. The number of rotatable bonds is 5. The van der Waals surface area contributed by atoms with Crippen molar-refractivity contribution in [3.63, 3.8) is 0 Å². The third-order valence-electron chi connectivity index (χ3n) is 5.30. The Labute approximate surface area is 138 Å². The van der Waals surface area contributed by atoms with Gasteiger partial charge in [-0.15, -0.1) is 0 Å². The minimum Gasteiger partial charge on any atom is -0.340 e. The van der Waals surface area contributed by atoms with E-state index < -0.39 is 0 Å². The number of hydrogen-bond donors (Lipinski definition) is 1. The van der Waals surface area contributed by atoms with Crippen LogP contribution < -0.4 is 5.32 Å². The van der Waals surface area contributed by atoms with Gasteiger partial charge in [-0.2, -0.15) is 5.26 Å². The highest BCUT2D eigenvalue weighted by atomic mass is 15.0. The molecule has 0 spiro atoms. The van der Waals surface area contributed by atoms with Gasteiger partial charge in [-0.25, -0.2) is 0 Å². The number of nitrogens with one attached hydrogen (secondary N) is 1. The van der Waals surface area contributed by atoms with Gasteiger partial charge >= 0.3 is 0 Å². The van der Waals surface area contributed by atoms with Crippen molar-refractivity contribution in [2.24, 2.45) is 13.0 Å². The molecule has 0 radical (unpaired) electrons. The second-order valence-electron chi connectivity index (χ2n) is 6.62. The molecular weight excluding hydrogens is 282 g/mol. The summed E-state index contributed by atoms with van der Waals surface area (Å²) in [4.78, 5) is 0. The molecule has 0 amide bonds. The van der Waals surface area contributed by atoms with Gasteiger partial charge in [0, 0.05) is 25.3 Å². The van der Waals surface area contributed by atoms with Crippen LogP contribution in [0.2, 0.25) is 0 Å². The number of hydrogen-bond acceptors (Lipinski definition) is 2. The van der Waals surface area contributed by atoms with Crippen LogP contribution in [0.15, 0.2) is 36.4 Å². The lowest BCUT2D eigenvalue weighted by molar-refractivity contribution is 0.365. The van der Waals surface area contributed by atoms with Gasteiger partial charge in [0.05, 0.1) is 0 Å². The Morgan fingerprint density at radius 1 is 1.26 bits per heavy atom. The first-order valence-electron chi connectivity index (χ1n) is 8.54. The van der Waals surface area contributed by atoms with Crippen molar-refractivity contribution in [2.75, 3.05) is 0 Å². The maximum atomic E-state index is 9.19. The van der Waals surface area contributed by atoms with E-state index in [1.165, 1.54) is 42.5 Å². The van der Waals surface area contributed by atoms with Crippen molar-refractivity contribution in [1.29, 1.82) is 5.26 Å². The van der Waals surface area contributed by atoms with Gasteiger partial charge in [-0.3, -0.25) is 0 Å². The summed E-state index contributed by atoms with van der Waals surface area (Å²) >= 11 is 0. The Morgan fingerprint density at radius 3 is 2.57 bits per heavy atom. The average molecular weight is 307 g/mol. The highest BCUT2D eigenvalue weighted by Gasteiger charge is 2.26. The zero-order valence-corrected chi connectivity index (χ0v) is 14.0. The molecule has 1 fully saturated rings. The molecule has 1 atom stereocenters. The molecule has 1 saturated carbocycles. The molecule has 0 bridgehead atoms. The highest BCUT2D eigenvalue weighted by molar-refractivity contribution is 5.34. The van der Waals surface area contributed by atoms with Crippen LogP contribution >= 0.6 is 0 Å². The SMILES string of the molecule is Cc1c(CN[C@H](c2ccccc2)C2CCCC2)cc(C#N)n1C. The fraction of sp³-hybridized carbons (Fsp3) is 0.450. The normalized spacial score (nSPS) is 16.4. The van der Waals surface area contributed by atoms with Crippen LogP contribution in [-0.4, -0.2) is 4.57 Å². The second-order valence-corrected chi connectivity index (χ2v) is 6.62. The number of nitrogens with zero attached hydrogens (tertiary/aromatic N) is 2. The van der Waals surface area contributed by atoms with Crippen LogP contribution in [0.1, 0.15) is 54.2 Å². The first-order valence-corrected chi connectivity index (χ1v) is 8.54. The van der Waals surface area contributed by atoms with E-state index in [2.05, 4.69) is 48.6 Å². The summed E-state index contributed by atoms with van der Waals surface area (Å²) in [5, 5.41) is 13.0. The van der Waals surface area contributed by atoms with E-state index in [-0.39, 0.29) is 0 Å². The summed E-state index contributed by atoms with van der Waals surface area (Å²) in [5.74, 6) is 0.719. The molecule has 1 aliphatic rings. The van der Waals surface area contributed by atoms with Gasteiger partial charge in [-0.1, -0.05) is 43.2 Å². The molecular formula is C20H25N3. The largest absolute Gasteiger partial charge is 0.340 e. The van der Waals surface area contributed by atoms with Crippen molar-refractivity contribution in [2.45, 2.75) is 45.2 Å². The predicted octanol–water partition coefficient (Wildman–Crippen LogP) is 4.23. The molecule has 1 aliphatic carbocycles. The van der Waals surface area contributed by atoms with Crippen molar-refractivity contribution in [3.05, 3.63) is 58.9 Å². The molecule has 0 saturated heterocycles. The molecule has 3 rings (SSSR count). The molecule has 2 aromatic rings. The van der Waals surface area contributed by atoms with Crippen LogP contribution in [-0.2, 0) is 13.6 Å². The Morgan fingerprint density at radius 2 is 1.96 bits per heavy atom. The van der Waals surface area contributed by atoms with Gasteiger partial charge in [0.1, 0.15) is 11.8 Å². The zero-order chi connectivity index (χ0) is 16.2. The van der Waals surface area contributed by atoms with Crippen LogP contribution in [0.5, 0.6) is 0 Å². The van der Waals surface area contributed by atoms with Crippen molar-refractivity contribution in [3.8, 4) is 6.07 Å². The third-order valence-corrected chi connectivity index (χ3v) is 5.30. The van der Waals surface area contributed by atoms with Gasteiger partial charge in [0.2, 0.25) is 0 Å². The average Bonchev–Trinajstić information content (AvgIpc) is 3.20. The lowest BCUT2D eigenvalue weighted by Gasteiger charge is -2.25. The smallest absolute Gasteiger partial charge is 0.120 e. The second kappa shape index (κ2) is 7.02. The fourth-order valence-electron chi connectivity index (χ4n) is 3.78. The Hall–Kier alpha value is -2.05. The lowest BCUT2D eigenvalue weighted by atomic mass is 9.91. The summed E-state index contributed by atoms with van der Waals surface area (Å²) in [5.41, 5.74) is 4.51. The molecule has 1 aromatic heterocycles. The highest BCUT2D eigenvalue weighted by Crippen LogP contribution is 2.36. The Balaban J connectivity index is 1.78. The summed E-state index contributed by atoms with van der Waals surface area (Å²) < 4.78 is 1.98. The van der Waals surface area contributed by atoms with E-state index in [1.807, 2.05) is 17.7 Å². The van der Waals surface area contributed by atoms with Crippen molar-refractivity contribution < 1.29 is 0 Å². The van der Waals surface area contributed by atoms with E-state index in [0.29, 0.717) is 6.04 Å². The van der Waals surface area contributed by atoms with Crippen molar-refractivity contribution >= 4 is 0 Å². The quantitative estimate of drug-likeness (QED) is 0.898. The fourth-order valence-corrected chi connectivity index (χ4v) is 3.78. The molecule has 23 heavy (non-hydrogen) atoms. The van der Waals surface area contributed by atoms with Crippen LogP contribution in [0.4, 0.5) is 0 Å². The molecule has 1 heterocycles.